The molecule has 0 aromatic carbocycles. The Morgan fingerprint density at radius 3 is 2.45 bits per heavy atom. The Morgan fingerprint density at radius 1 is 1.36 bits per heavy atom. The van der Waals surface area contributed by atoms with Crippen molar-refractivity contribution in [1.29, 1.82) is 0 Å². The first kappa shape index (κ1) is 9.05. The molecule has 0 amide bonds. The highest BCUT2D eigenvalue weighted by molar-refractivity contribution is 4.79. The number of hydrogen-bond donors (Lipinski definition) is 1. The van der Waals surface area contributed by atoms with Crippen molar-refractivity contribution >= 4 is 0 Å². The van der Waals surface area contributed by atoms with Crippen molar-refractivity contribution in [2.45, 2.75) is 52.1 Å². The monoisotopic (exact) mass is 156 g/mol. The van der Waals surface area contributed by atoms with Crippen molar-refractivity contribution in [3.63, 3.8) is 0 Å². The van der Waals surface area contributed by atoms with Gasteiger partial charge in [-0.3, -0.25) is 0 Å². The van der Waals surface area contributed by atoms with Gasteiger partial charge < -0.3 is 5.11 Å². The van der Waals surface area contributed by atoms with E-state index in [1.165, 1.54) is 25.7 Å². The second-order valence-electron chi connectivity index (χ2n) is 4.23. The smallest absolute Gasteiger partial charge is 0.0568 e. The molecule has 0 saturated heterocycles. The maximum Gasteiger partial charge on any atom is 0.0568 e. The van der Waals surface area contributed by atoms with Gasteiger partial charge in [-0.1, -0.05) is 26.7 Å². The highest BCUT2D eigenvalue weighted by Gasteiger charge is 2.27. The molecule has 1 N–H and O–H groups in total. The van der Waals surface area contributed by atoms with Crippen LogP contribution in [0.15, 0.2) is 0 Å². The molecule has 2 atom stereocenters. The summed E-state index contributed by atoms with van der Waals surface area (Å²) in [4.78, 5) is 0. The molecule has 0 aliphatic heterocycles. The molecule has 66 valence electrons. The minimum atomic E-state index is 0.0437. The van der Waals surface area contributed by atoms with Gasteiger partial charge in [-0.25, -0.2) is 0 Å². The van der Waals surface area contributed by atoms with E-state index < -0.39 is 0 Å². The van der Waals surface area contributed by atoms with E-state index in [4.69, 9.17) is 0 Å². The average Bonchev–Trinajstić information content (AvgIpc) is 1.94. The van der Waals surface area contributed by atoms with Gasteiger partial charge in [0.1, 0.15) is 0 Å². The van der Waals surface area contributed by atoms with Crippen LogP contribution < -0.4 is 0 Å². The lowest BCUT2D eigenvalue weighted by Crippen LogP contribution is -2.30. The van der Waals surface area contributed by atoms with E-state index >= 15 is 0 Å². The number of aliphatic hydroxyl groups is 1. The van der Waals surface area contributed by atoms with E-state index in [0.29, 0.717) is 5.92 Å². The Hall–Kier alpha value is -0.0400. The molecule has 0 spiro atoms. The zero-order chi connectivity index (χ0) is 8.27. The standard InChI is InChI=1S/C10H20O/c1-8(2)4-3-5-9-6-7-10(9)11/h8-11H,3-7H2,1-2H3. The lowest BCUT2D eigenvalue weighted by molar-refractivity contribution is 0.0178. The lowest BCUT2D eigenvalue weighted by atomic mass is 9.78. The summed E-state index contributed by atoms with van der Waals surface area (Å²) in [6.45, 7) is 4.52. The molecule has 1 heteroatoms. The van der Waals surface area contributed by atoms with E-state index in [9.17, 15) is 5.11 Å². The van der Waals surface area contributed by atoms with Crippen LogP contribution in [0.5, 0.6) is 0 Å². The van der Waals surface area contributed by atoms with Gasteiger partial charge in [0.2, 0.25) is 0 Å². The molecule has 1 rings (SSSR count). The predicted molar refractivity (Wildman–Crippen MR) is 47.4 cm³/mol. The second-order valence-corrected chi connectivity index (χ2v) is 4.23. The van der Waals surface area contributed by atoms with Gasteiger partial charge in [0, 0.05) is 0 Å². The Bertz CT molecular complexity index is 109. The molecule has 1 saturated carbocycles. The summed E-state index contributed by atoms with van der Waals surface area (Å²) < 4.78 is 0. The van der Waals surface area contributed by atoms with Crippen molar-refractivity contribution in [2.24, 2.45) is 11.8 Å². The van der Waals surface area contributed by atoms with Gasteiger partial charge in [0.15, 0.2) is 0 Å². The molecular weight excluding hydrogens is 136 g/mol. The van der Waals surface area contributed by atoms with Crippen LogP contribution in [-0.4, -0.2) is 11.2 Å². The second kappa shape index (κ2) is 4.10. The molecule has 1 aliphatic rings. The molecule has 0 aromatic heterocycles. The van der Waals surface area contributed by atoms with Crippen LogP contribution in [0.25, 0.3) is 0 Å². The first-order valence-electron chi connectivity index (χ1n) is 4.88. The quantitative estimate of drug-likeness (QED) is 0.663. The van der Waals surface area contributed by atoms with Crippen LogP contribution in [0.4, 0.5) is 0 Å². The summed E-state index contributed by atoms with van der Waals surface area (Å²) in [6, 6.07) is 0. The fourth-order valence-corrected chi connectivity index (χ4v) is 1.68. The normalized spacial score (nSPS) is 30.5. The van der Waals surface area contributed by atoms with Crippen LogP contribution in [-0.2, 0) is 0 Å². The summed E-state index contributed by atoms with van der Waals surface area (Å²) in [5.74, 6) is 1.47. The third kappa shape index (κ3) is 2.82. The van der Waals surface area contributed by atoms with Crippen molar-refractivity contribution in [1.82, 2.24) is 0 Å². The van der Waals surface area contributed by atoms with Crippen molar-refractivity contribution in [3.05, 3.63) is 0 Å². The fourth-order valence-electron chi connectivity index (χ4n) is 1.68. The summed E-state index contributed by atoms with van der Waals surface area (Å²) in [7, 11) is 0. The van der Waals surface area contributed by atoms with Gasteiger partial charge in [-0.15, -0.1) is 0 Å². The van der Waals surface area contributed by atoms with Gasteiger partial charge in [-0.2, -0.15) is 0 Å². The molecule has 0 bridgehead atoms. The largest absolute Gasteiger partial charge is 0.393 e. The molecule has 1 nitrogen and oxygen atoms in total. The third-order valence-corrected chi connectivity index (χ3v) is 2.73. The Kier molecular flexibility index (Phi) is 3.38. The molecule has 1 aliphatic carbocycles. The van der Waals surface area contributed by atoms with Crippen molar-refractivity contribution < 1.29 is 5.11 Å². The van der Waals surface area contributed by atoms with Gasteiger partial charge in [0.25, 0.3) is 0 Å². The van der Waals surface area contributed by atoms with Gasteiger partial charge in [-0.05, 0) is 31.1 Å². The Balaban J connectivity index is 1.95. The van der Waals surface area contributed by atoms with E-state index in [1.54, 1.807) is 0 Å². The molecule has 1 fully saturated rings. The fraction of sp³-hybridized carbons (Fsp3) is 1.00. The maximum absolute atomic E-state index is 9.27. The minimum absolute atomic E-state index is 0.0437. The number of hydrogen-bond acceptors (Lipinski definition) is 1. The van der Waals surface area contributed by atoms with Gasteiger partial charge in [0.05, 0.1) is 6.10 Å². The van der Waals surface area contributed by atoms with Crippen LogP contribution in [0, 0.1) is 11.8 Å². The van der Waals surface area contributed by atoms with E-state index in [-0.39, 0.29) is 6.10 Å². The molecule has 0 aromatic rings. The van der Waals surface area contributed by atoms with Crippen molar-refractivity contribution in [2.75, 3.05) is 0 Å². The summed E-state index contributed by atoms with van der Waals surface area (Å²) >= 11 is 0. The van der Waals surface area contributed by atoms with Crippen LogP contribution >= 0.6 is 0 Å². The Labute approximate surface area is 69.8 Å². The zero-order valence-electron chi connectivity index (χ0n) is 7.71. The minimum Gasteiger partial charge on any atom is -0.393 e. The summed E-state index contributed by atoms with van der Waals surface area (Å²) in [6.07, 6.45) is 6.23. The highest BCUT2D eigenvalue weighted by atomic mass is 16.3. The average molecular weight is 156 g/mol. The van der Waals surface area contributed by atoms with Crippen LogP contribution in [0.2, 0.25) is 0 Å². The molecule has 11 heavy (non-hydrogen) atoms. The topological polar surface area (TPSA) is 20.2 Å². The summed E-state index contributed by atoms with van der Waals surface area (Å²) in [5, 5.41) is 9.27. The predicted octanol–water partition coefficient (Wildman–Crippen LogP) is 2.58. The van der Waals surface area contributed by atoms with Gasteiger partial charge >= 0.3 is 0 Å². The molecular formula is C10H20O. The van der Waals surface area contributed by atoms with E-state index in [2.05, 4.69) is 13.8 Å². The van der Waals surface area contributed by atoms with Crippen molar-refractivity contribution in [3.8, 4) is 0 Å². The maximum atomic E-state index is 9.27. The van der Waals surface area contributed by atoms with Crippen LogP contribution in [0.3, 0.4) is 0 Å². The first-order chi connectivity index (χ1) is 5.20. The molecule has 0 radical (unpaired) electrons. The zero-order valence-corrected chi connectivity index (χ0v) is 7.71. The van der Waals surface area contributed by atoms with E-state index in [0.717, 1.165) is 12.3 Å². The number of rotatable bonds is 4. The SMILES string of the molecule is CC(C)CCCC1CCC1O. The lowest BCUT2D eigenvalue weighted by Gasteiger charge is -2.32. The van der Waals surface area contributed by atoms with Crippen LogP contribution in [0.1, 0.15) is 46.0 Å². The Morgan fingerprint density at radius 2 is 2.09 bits per heavy atom. The first-order valence-corrected chi connectivity index (χ1v) is 4.88. The van der Waals surface area contributed by atoms with E-state index in [1.807, 2.05) is 0 Å². The molecule has 0 heterocycles. The highest BCUT2D eigenvalue weighted by Crippen LogP contribution is 2.31. The molecule has 2 unspecified atom stereocenters. The summed E-state index contributed by atoms with van der Waals surface area (Å²) in [5.41, 5.74) is 0. The third-order valence-electron chi connectivity index (χ3n) is 2.73. The number of aliphatic hydroxyl groups excluding tert-OH is 1.